The number of hydrogen-bond acceptors (Lipinski definition) is 23. The van der Waals surface area contributed by atoms with Crippen molar-refractivity contribution in [2.75, 3.05) is 37.9 Å². The molecule has 2 aromatic carbocycles. The van der Waals surface area contributed by atoms with Gasteiger partial charge >= 0.3 is 27.4 Å². The first-order valence-electron chi connectivity index (χ1n) is 30.3. The topological polar surface area (TPSA) is 376 Å². The number of nitriles is 2. The normalized spacial score (nSPS) is 23.5. The second-order valence-corrected chi connectivity index (χ2v) is 32.3. The second-order valence-electron chi connectivity index (χ2n) is 24.1. The Morgan fingerprint density at radius 1 is 0.696 bits per heavy atom. The molecule has 92 heavy (non-hydrogen) atoms. The smallest absolute Gasteiger partial charge is 0.459 e. The Labute approximate surface area is 539 Å². The van der Waals surface area contributed by atoms with E-state index in [2.05, 4.69) is 70.3 Å². The summed E-state index contributed by atoms with van der Waals surface area (Å²) in [5.41, 5.74) is 9.72. The molecule has 12 atom stereocenters. The van der Waals surface area contributed by atoms with Gasteiger partial charge in [0.05, 0.1) is 50.0 Å². The van der Waals surface area contributed by atoms with Crippen molar-refractivity contribution in [3.63, 3.8) is 0 Å². The first-order valence-corrected chi connectivity index (χ1v) is 36.3. The largest absolute Gasteiger partial charge is 0.464 e. The molecular formula is C62H90N12O15P2Si. The van der Waals surface area contributed by atoms with Crippen LogP contribution in [0.15, 0.2) is 97.6 Å². The summed E-state index contributed by atoms with van der Waals surface area (Å²) in [4.78, 5) is 33.6. The summed E-state index contributed by atoms with van der Waals surface area (Å²) in [5.74, 6) is -0.395. The fraction of sp³-hybridized carbons (Fsp3) is 0.548. The molecule has 8 rings (SSSR count). The number of nitrogen functional groups attached to an aromatic ring is 2. The van der Waals surface area contributed by atoms with Crippen LogP contribution in [0.3, 0.4) is 0 Å². The molecule has 2 fully saturated rings. The molecule has 6 aromatic rings. The minimum Gasteiger partial charge on any atom is -0.464 e. The van der Waals surface area contributed by atoms with E-state index in [1.807, 2.05) is 40.7 Å². The zero-order chi connectivity index (χ0) is 66.7. The van der Waals surface area contributed by atoms with Crippen LogP contribution in [0.4, 0.5) is 11.6 Å². The van der Waals surface area contributed by atoms with E-state index in [4.69, 9.17) is 52.9 Å². The van der Waals surface area contributed by atoms with Crippen LogP contribution in [0.5, 0.6) is 11.5 Å². The van der Waals surface area contributed by atoms with Crippen molar-refractivity contribution in [3.05, 3.63) is 109 Å². The Kier molecular flexibility index (Phi) is 25.3. The molecule has 0 spiro atoms. The number of fused-ring (bicyclic) bond motifs is 2. The lowest BCUT2D eigenvalue weighted by Crippen LogP contribution is -2.51. The van der Waals surface area contributed by atoms with Crippen LogP contribution in [0.25, 0.3) is 11.0 Å². The van der Waals surface area contributed by atoms with E-state index in [9.17, 15) is 39.5 Å². The molecule has 1 unspecified atom stereocenters. The van der Waals surface area contributed by atoms with Gasteiger partial charge in [-0.1, -0.05) is 125 Å². The Balaban J connectivity index is 0.000000292. The van der Waals surface area contributed by atoms with Gasteiger partial charge in [-0.3, -0.25) is 18.6 Å². The van der Waals surface area contributed by atoms with E-state index in [0.717, 1.165) is 25.7 Å². The third-order valence-corrected chi connectivity index (χ3v) is 24.7. The lowest BCUT2D eigenvalue weighted by Gasteiger charge is -2.42. The quantitative estimate of drug-likeness (QED) is 0.0151. The van der Waals surface area contributed by atoms with Crippen molar-refractivity contribution in [2.24, 2.45) is 17.8 Å². The van der Waals surface area contributed by atoms with E-state index >= 15 is 0 Å². The van der Waals surface area contributed by atoms with Crippen molar-refractivity contribution in [2.45, 2.75) is 174 Å². The summed E-state index contributed by atoms with van der Waals surface area (Å²) in [7, 11) is -11.0. The lowest BCUT2D eigenvalue weighted by molar-refractivity contribution is -0.147. The SMILES string of the molecule is C.CCC(CC)COC(=O)[C@H](C)N[P@](=O)(OC[C@H]1O[C@@](C#N)(c2ccc3c(N)ncnn23)C(O[Si](C)(C)C(C)(C)C)[C@@H]1C)Oc1ccccc1.CCC(CC)COC(=O)[C@H](C)N[P@](=O)(OC[C@H]1O[C@@](C#N)(c2ccc3c(N)ncnn23)[C@H](O)[C@@H]1O)Oc1ccccc1. The summed E-state index contributed by atoms with van der Waals surface area (Å²) < 4.78 is 84.8. The number of hydrogen-bond donors (Lipinski definition) is 6. The molecule has 2 aliphatic heterocycles. The first kappa shape index (κ1) is 74.2. The van der Waals surface area contributed by atoms with Gasteiger partial charge in [0.15, 0.2) is 20.0 Å². The number of aliphatic hydroxyl groups excluding tert-OH is 2. The molecule has 0 aliphatic carbocycles. The highest BCUT2D eigenvalue weighted by Crippen LogP contribution is 2.52. The molecule has 4 aromatic heterocycles. The number of ether oxygens (including phenoxy) is 4. The molecule has 30 heteroatoms. The molecule has 502 valence electrons. The molecule has 2 aliphatic rings. The Morgan fingerprint density at radius 3 is 1.50 bits per heavy atom. The molecule has 27 nitrogen and oxygen atoms in total. The maximum absolute atomic E-state index is 14.4. The highest BCUT2D eigenvalue weighted by molar-refractivity contribution is 7.52. The first-order chi connectivity index (χ1) is 43.1. The predicted octanol–water partition coefficient (Wildman–Crippen LogP) is 9.57. The van der Waals surface area contributed by atoms with Crippen molar-refractivity contribution in [1.82, 2.24) is 39.4 Å². The van der Waals surface area contributed by atoms with Crippen LogP contribution in [-0.4, -0.2) is 129 Å². The minimum atomic E-state index is -4.32. The molecule has 0 bridgehead atoms. The van der Waals surface area contributed by atoms with Gasteiger partial charge in [0.2, 0.25) is 11.2 Å². The Hall–Kier alpha value is -6.88. The fourth-order valence-electron chi connectivity index (χ4n) is 10.0. The van der Waals surface area contributed by atoms with Crippen LogP contribution in [0.2, 0.25) is 18.1 Å². The van der Waals surface area contributed by atoms with Crippen LogP contribution in [0, 0.1) is 40.4 Å². The summed E-state index contributed by atoms with van der Waals surface area (Å²) in [5, 5.41) is 56.6. The van der Waals surface area contributed by atoms with Crippen LogP contribution in [-0.2, 0) is 62.3 Å². The maximum atomic E-state index is 14.4. The van der Waals surface area contributed by atoms with Gasteiger partial charge in [-0.2, -0.15) is 30.9 Å². The predicted molar refractivity (Wildman–Crippen MR) is 346 cm³/mol. The zero-order valence-electron chi connectivity index (χ0n) is 53.5. The van der Waals surface area contributed by atoms with Crippen LogP contribution < -0.4 is 30.7 Å². The summed E-state index contributed by atoms with van der Waals surface area (Å²) in [6.07, 6.45) is -0.361. The third kappa shape index (κ3) is 16.7. The maximum Gasteiger partial charge on any atom is 0.459 e. The number of anilines is 2. The van der Waals surface area contributed by atoms with Crippen LogP contribution in [0.1, 0.15) is 114 Å². The number of nitrogens with one attached hydrogen (secondary N) is 2. The van der Waals surface area contributed by atoms with Crippen molar-refractivity contribution in [3.8, 4) is 23.6 Å². The molecule has 2 saturated heterocycles. The van der Waals surface area contributed by atoms with Gasteiger partial charge in [-0.15, -0.1) is 0 Å². The molecule has 0 radical (unpaired) electrons. The summed E-state index contributed by atoms with van der Waals surface area (Å²) in [6, 6.07) is 25.4. The van der Waals surface area contributed by atoms with Crippen molar-refractivity contribution < 1.29 is 70.4 Å². The molecule has 0 saturated carbocycles. The standard InChI is InChI=1S/C34H51N6O7PSi.C27H35N6O8P.CH4/c1-10-25(11-2)19-43-32(41)24(4)39-48(42,46-26-15-13-12-14-16-26)44-20-28-23(3)30(47-49(8,9)33(5,6)7)34(21-35,45-28)29-18-17-27-31(36)37-22-38-40(27)29;1-4-18(5-2)13-38-26(36)17(3)32-42(37,41-19-9-7-6-8-10-19)39-14-21-23(34)24(35)27(15-28,40-21)22-12-11-20-25(29)30-16-31-33(20)22;/h12-18,22-25,28,30H,10-11,19-20H2,1-9H3,(H,39,42)(H2,36,37,38);6-12,16-18,21,23-24,34-35H,4-5,13-14H2,1-3H3,(H,32,37)(H2,29,30,31);1H4/t23-,24+,28-,30?,34+,48+;17-,21+,23+,24+,27-,42-;/m10./s1. The number of nitrogens with zero attached hydrogens (tertiary/aromatic N) is 8. The summed E-state index contributed by atoms with van der Waals surface area (Å²) >= 11 is 0. The van der Waals surface area contributed by atoms with Gasteiger partial charge in [0.1, 0.15) is 77.7 Å². The highest BCUT2D eigenvalue weighted by Gasteiger charge is 2.61. The van der Waals surface area contributed by atoms with E-state index in [1.54, 1.807) is 90.3 Å². The van der Waals surface area contributed by atoms with Crippen molar-refractivity contribution in [1.29, 1.82) is 10.5 Å². The second kappa shape index (κ2) is 31.4. The number of aromatic nitrogens is 6. The van der Waals surface area contributed by atoms with Crippen molar-refractivity contribution >= 4 is 58.4 Å². The number of nitrogens with two attached hydrogens (primary N) is 2. The Morgan fingerprint density at radius 2 is 1.10 bits per heavy atom. The van der Waals surface area contributed by atoms with Crippen LogP contribution >= 0.6 is 15.5 Å². The number of benzene rings is 2. The molecular weight excluding hydrogens is 1240 g/mol. The van der Waals surface area contributed by atoms with E-state index in [1.165, 1.54) is 30.2 Å². The minimum absolute atomic E-state index is 0. The summed E-state index contributed by atoms with van der Waals surface area (Å²) in [6.45, 7) is 23.2. The number of aliphatic hydroxyl groups is 2. The Bertz CT molecular complexity index is 3600. The van der Waals surface area contributed by atoms with E-state index in [0.29, 0.717) is 16.7 Å². The zero-order valence-corrected chi connectivity index (χ0v) is 56.3. The fourth-order valence-corrected chi connectivity index (χ4v) is 14.4. The lowest BCUT2D eigenvalue weighted by atomic mass is 9.88. The van der Waals surface area contributed by atoms with Gasteiger partial charge in [-0.05, 0) is 92.3 Å². The monoisotopic (exact) mass is 1330 g/mol. The third-order valence-electron chi connectivity index (χ3n) is 16.9. The number of para-hydroxylation sites is 2. The molecule has 8 N–H and O–H groups in total. The molecule has 6 heterocycles. The highest BCUT2D eigenvalue weighted by atomic mass is 31.2. The average Bonchev–Trinajstić information content (AvgIpc) is 1.58. The number of carbonyl (C=O) groups excluding carboxylic acids is 2. The van der Waals surface area contributed by atoms with Gasteiger partial charge < -0.3 is 54.1 Å². The number of rotatable bonds is 28. The van der Waals surface area contributed by atoms with Gasteiger partial charge in [0, 0.05) is 5.92 Å². The average molecular weight is 1330 g/mol. The van der Waals surface area contributed by atoms with Gasteiger partial charge in [-0.25, -0.2) is 28.1 Å². The van der Waals surface area contributed by atoms with E-state index in [-0.39, 0.29) is 73.0 Å². The van der Waals surface area contributed by atoms with E-state index < -0.39 is 102 Å². The number of esters is 2. The number of carbonyl (C=O) groups is 2. The molecule has 0 amide bonds. The van der Waals surface area contributed by atoms with Gasteiger partial charge in [0.25, 0.3) is 0 Å².